The van der Waals surface area contributed by atoms with Crippen LogP contribution < -0.4 is 10.5 Å². The first-order valence-corrected chi connectivity index (χ1v) is 4.88. The number of nitrogens with one attached hydrogen (secondary N) is 1. The van der Waals surface area contributed by atoms with Crippen LogP contribution in [-0.2, 0) is 10.0 Å². The van der Waals surface area contributed by atoms with Crippen molar-refractivity contribution < 1.29 is 12.8 Å². The third-order valence-electron chi connectivity index (χ3n) is 1.20. The van der Waals surface area contributed by atoms with Crippen molar-refractivity contribution in [2.45, 2.75) is 5.09 Å². The highest BCUT2D eigenvalue weighted by atomic mass is 32.2. The van der Waals surface area contributed by atoms with Gasteiger partial charge in [-0.1, -0.05) is 0 Å². The molecule has 0 aliphatic carbocycles. The molecule has 0 saturated carbocycles. The molecular formula is C6H10N2O3S. The second-order valence-corrected chi connectivity index (χ2v) is 3.82. The van der Waals surface area contributed by atoms with Gasteiger partial charge in [-0.3, -0.25) is 0 Å². The fourth-order valence-electron chi connectivity index (χ4n) is 0.681. The minimum absolute atomic E-state index is 0.0871. The van der Waals surface area contributed by atoms with Gasteiger partial charge >= 0.3 is 0 Å². The Morgan fingerprint density at radius 1 is 1.58 bits per heavy atom. The Morgan fingerprint density at radius 2 is 2.33 bits per heavy atom. The normalized spacial score (nSPS) is 11.8. The summed E-state index contributed by atoms with van der Waals surface area (Å²) < 4.78 is 29.4. The van der Waals surface area contributed by atoms with Crippen molar-refractivity contribution >= 4 is 10.0 Å². The molecule has 0 radical (unpaired) electrons. The van der Waals surface area contributed by atoms with Crippen LogP contribution in [0.1, 0.15) is 0 Å². The first-order chi connectivity index (χ1) is 5.67. The lowest BCUT2D eigenvalue weighted by atomic mass is 10.7. The third-order valence-corrected chi connectivity index (χ3v) is 2.54. The maximum Gasteiger partial charge on any atom is 0.273 e. The maximum absolute atomic E-state index is 11.2. The molecule has 0 aliphatic rings. The lowest BCUT2D eigenvalue weighted by Crippen LogP contribution is -2.28. The number of hydrogen-bond acceptors (Lipinski definition) is 4. The summed E-state index contributed by atoms with van der Waals surface area (Å²) in [5.41, 5.74) is 5.13. The van der Waals surface area contributed by atoms with Crippen molar-refractivity contribution in [1.82, 2.24) is 4.72 Å². The Bertz CT molecular complexity index is 317. The Hall–Kier alpha value is -0.850. The number of sulfonamides is 1. The summed E-state index contributed by atoms with van der Waals surface area (Å²) >= 11 is 0. The monoisotopic (exact) mass is 190 g/mol. The van der Waals surface area contributed by atoms with E-state index in [0.29, 0.717) is 0 Å². The van der Waals surface area contributed by atoms with Gasteiger partial charge in [-0.2, -0.15) is 0 Å². The van der Waals surface area contributed by atoms with E-state index < -0.39 is 10.0 Å². The van der Waals surface area contributed by atoms with Crippen molar-refractivity contribution in [2.24, 2.45) is 5.73 Å². The van der Waals surface area contributed by atoms with Gasteiger partial charge in [0.1, 0.15) is 0 Å². The predicted molar refractivity (Wildman–Crippen MR) is 43.0 cm³/mol. The van der Waals surface area contributed by atoms with Crippen LogP contribution in [0.3, 0.4) is 0 Å². The molecule has 1 aromatic rings. The van der Waals surface area contributed by atoms with E-state index >= 15 is 0 Å². The average molecular weight is 190 g/mol. The van der Waals surface area contributed by atoms with Crippen molar-refractivity contribution in [2.75, 3.05) is 13.1 Å². The van der Waals surface area contributed by atoms with Crippen molar-refractivity contribution in [1.29, 1.82) is 0 Å². The number of hydrogen-bond donors (Lipinski definition) is 2. The molecule has 0 bridgehead atoms. The molecule has 0 aromatic carbocycles. The van der Waals surface area contributed by atoms with Gasteiger partial charge in [0.15, 0.2) is 0 Å². The highest BCUT2D eigenvalue weighted by molar-refractivity contribution is 7.89. The van der Waals surface area contributed by atoms with Crippen LogP contribution in [0.15, 0.2) is 27.9 Å². The largest absolute Gasteiger partial charge is 0.452 e. The summed E-state index contributed by atoms with van der Waals surface area (Å²) in [6.07, 6.45) is 1.30. The summed E-state index contributed by atoms with van der Waals surface area (Å²) in [7, 11) is -3.48. The second kappa shape index (κ2) is 3.70. The molecule has 5 nitrogen and oxygen atoms in total. The number of furan rings is 1. The van der Waals surface area contributed by atoms with Crippen LogP contribution in [0.25, 0.3) is 0 Å². The highest BCUT2D eigenvalue weighted by Crippen LogP contribution is 2.07. The quantitative estimate of drug-likeness (QED) is 0.671. The van der Waals surface area contributed by atoms with Crippen LogP contribution in [0.5, 0.6) is 0 Å². The van der Waals surface area contributed by atoms with Gasteiger partial charge in [-0.15, -0.1) is 0 Å². The molecule has 0 atom stereocenters. The van der Waals surface area contributed by atoms with Crippen molar-refractivity contribution in [3.05, 3.63) is 18.4 Å². The van der Waals surface area contributed by atoms with E-state index in [9.17, 15) is 8.42 Å². The van der Waals surface area contributed by atoms with Gasteiger partial charge in [0.25, 0.3) is 10.0 Å². The molecule has 3 N–H and O–H groups in total. The number of rotatable bonds is 4. The lowest BCUT2D eigenvalue weighted by Gasteiger charge is -2.00. The molecule has 68 valence electrons. The standard InChI is InChI=1S/C6H10N2O3S/c7-3-4-8-12(9,10)6-2-1-5-11-6/h1-2,5,8H,3-4,7H2. The minimum Gasteiger partial charge on any atom is -0.452 e. The summed E-state index contributed by atoms with van der Waals surface area (Å²) in [5.74, 6) is 0. The molecule has 6 heteroatoms. The van der Waals surface area contributed by atoms with Gasteiger partial charge in [0.05, 0.1) is 6.26 Å². The SMILES string of the molecule is NCCNS(=O)(=O)c1ccco1. The molecule has 1 aromatic heterocycles. The molecule has 0 amide bonds. The van der Waals surface area contributed by atoms with E-state index in [1.54, 1.807) is 0 Å². The van der Waals surface area contributed by atoms with E-state index in [1.165, 1.54) is 18.4 Å². The molecule has 0 fully saturated rings. The molecule has 12 heavy (non-hydrogen) atoms. The zero-order valence-electron chi connectivity index (χ0n) is 6.36. The van der Waals surface area contributed by atoms with Crippen LogP contribution in [0.2, 0.25) is 0 Å². The molecule has 0 aliphatic heterocycles. The Balaban J connectivity index is 2.74. The fourth-order valence-corrected chi connectivity index (χ4v) is 1.65. The average Bonchev–Trinajstić information content (AvgIpc) is 2.53. The fraction of sp³-hybridized carbons (Fsp3) is 0.333. The summed E-state index contributed by atoms with van der Waals surface area (Å²) in [6.45, 7) is 0.475. The molecular weight excluding hydrogens is 180 g/mol. The summed E-state index contributed by atoms with van der Waals surface area (Å²) in [5, 5.41) is -0.0871. The van der Waals surface area contributed by atoms with Crippen LogP contribution >= 0.6 is 0 Å². The first kappa shape index (κ1) is 9.24. The summed E-state index contributed by atoms with van der Waals surface area (Å²) in [4.78, 5) is 0. The van der Waals surface area contributed by atoms with Crippen molar-refractivity contribution in [3.63, 3.8) is 0 Å². The van der Waals surface area contributed by atoms with E-state index in [1.807, 2.05) is 0 Å². The van der Waals surface area contributed by atoms with Gasteiger partial charge < -0.3 is 10.2 Å². The van der Waals surface area contributed by atoms with Gasteiger partial charge in [-0.25, -0.2) is 13.1 Å². The van der Waals surface area contributed by atoms with E-state index in [4.69, 9.17) is 10.2 Å². The van der Waals surface area contributed by atoms with Gasteiger partial charge in [-0.05, 0) is 12.1 Å². The zero-order valence-corrected chi connectivity index (χ0v) is 7.17. The minimum atomic E-state index is -3.48. The third kappa shape index (κ3) is 2.07. The predicted octanol–water partition coefficient (Wildman–Crippen LogP) is -0.483. The molecule has 1 rings (SSSR count). The van der Waals surface area contributed by atoms with Crippen LogP contribution in [0.4, 0.5) is 0 Å². The highest BCUT2D eigenvalue weighted by Gasteiger charge is 2.14. The van der Waals surface area contributed by atoms with E-state index in [0.717, 1.165) is 0 Å². The zero-order chi connectivity index (χ0) is 9.03. The summed E-state index contributed by atoms with van der Waals surface area (Å²) in [6, 6.07) is 2.88. The second-order valence-electron chi connectivity index (χ2n) is 2.12. The Kier molecular flexibility index (Phi) is 2.85. The smallest absolute Gasteiger partial charge is 0.273 e. The van der Waals surface area contributed by atoms with E-state index in [2.05, 4.69) is 4.72 Å². The maximum atomic E-state index is 11.2. The first-order valence-electron chi connectivity index (χ1n) is 3.40. The molecule has 0 saturated heterocycles. The van der Waals surface area contributed by atoms with E-state index in [-0.39, 0.29) is 18.2 Å². The molecule has 0 spiro atoms. The van der Waals surface area contributed by atoms with Gasteiger partial charge in [0, 0.05) is 13.1 Å². The Labute approximate surface area is 70.6 Å². The lowest BCUT2D eigenvalue weighted by molar-refractivity contribution is 0.446. The Morgan fingerprint density at radius 3 is 2.83 bits per heavy atom. The van der Waals surface area contributed by atoms with Crippen LogP contribution in [0, 0.1) is 0 Å². The molecule has 1 heterocycles. The topological polar surface area (TPSA) is 85.3 Å². The van der Waals surface area contributed by atoms with Gasteiger partial charge in [0.2, 0.25) is 5.09 Å². The molecule has 0 unspecified atom stereocenters. The van der Waals surface area contributed by atoms with Crippen molar-refractivity contribution in [3.8, 4) is 0 Å². The number of nitrogens with two attached hydrogens (primary N) is 1. The van der Waals surface area contributed by atoms with Crippen LogP contribution in [-0.4, -0.2) is 21.5 Å².